The van der Waals surface area contributed by atoms with Gasteiger partial charge in [0.1, 0.15) is 24.1 Å². The lowest BCUT2D eigenvalue weighted by atomic mass is 10.1. The van der Waals surface area contributed by atoms with Gasteiger partial charge in [-0.05, 0) is 51.0 Å². The Hall–Kier alpha value is -2.97. The number of ether oxygens (including phenoxy) is 3. The fourth-order valence-electron chi connectivity index (χ4n) is 2.53. The van der Waals surface area contributed by atoms with E-state index in [1.54, 1.807) is 20.8 Å². The van der Waals surface area contributed by atoms with Gasteiger partial charge in [-0.3, -0.25) is 5.32 Å². The highest BCUT2D eigenvalue weighted by atomic mass is 19.1. The first-order chi connectivity index (χ1) is 14.5. The van der Waals surface area contributed by atoms with Crippen LogP contribution in [-0.2, 0) is 32.2 Å². The Kier molecular flexibility index (Phi) is 8.13. The summed E-state index contributed by atoms with van der Waals surface area (Å²) in [6, 6.07) is 14.5. The Bertz CT molecular complexity index is 866. The van der Waals surface area contributed by atoms with Gasteiger partial charge in [0.2, 0.25) is 0 Å². The second-order valence-corrected chi connectivity index (χ2v) is 8.03. The molecule has 0 radical (unpaired) electrons. The van der Waals surface area contributed by atoms with Crippen molar-refractivity contribution in [3.05, 3.63) is 71.5 Å². The molecule has 1 amide bonds. The minimum absolute atomic E-state index is 0.0888. The van der Waals surface area contributed by atoms with Crippen molar-refractivity contribution in [2.75, 3.05) is 0 Å². The Morgan fingerprint density at radius 2 is 1.58 bits per heavy atom. The molecule has 2 aromatic rings. The minimum Gasteiger partial charge on any atom is -0.457 e. The van der Waals surface area contributed by atoms with Crippen molar-refractivity contribution in [2.45, 2.75) is 58.3 Å². The molecule has 31 heavy (non-hydrogen) atoms. The van der Waals surface area contributed by atoms with Crippen LogP contribution < -0.4 is 5.32 Å². The Morgan fingerprint density at radius 3 is 2.16 bits per heavy atom. The molecule has 0 fully saturated rings. The van der Waals surface area contributed by atoms with Crippen molar-refractivity contribution in [2.24, 2.45) is 0 Å². The summed E-state index contributed by atoms with van der Waals surface area (Å²) in [5, 5.41) is 13.2. The second kappa shape index (κ2) is 10.4. The van der Waals surface area contributed by atoms with Gasteiger partial charge in [-0.25, -0.2) is 14.0 Å². The number of benzene rings is 2. The molecule has 0 heterocycles. The van der Waals surface area contributed by atoms with Gasteiger partial charge in [-0.1, -0.05) is 42.5 Å². The fourth-order valence-corrected chi connectivity index (χ4v) is 2.53. The van der Waals surface area contributed by atoms with E-state index in [9.17, 15) is 19.1 Å². The highest BCUT2D eigenvalue weighted by Gasteiger charge is 2.47. The number of esters is 1. The van der Waals surface area contributed by atoms with Crippen LogP contribution in [0.1, 0.15) is 38.8 Å². The maximum atomic E-state index is 13.1. The van der Waals surface area contributed by atoms with E-state index in [-0.39, 0.29) is 13.2 Å². The average Bonchev–Trinajstić information content (AvgIpc) is 2.70. The van der Waals surface area contributed by atoms with E-state index in [0.29, 0.717) is 5.56 Å². The molecule has 0 unspecified atom stereocenters. The monoisotopic (exact) mass is 433 g/mol. The van der Waals surface area contributed by atoms with Crippen molar-refractivity contribution < 1.29 is 33.3 Å². The first kappa shape index (κ1) is 24.3. The second-order valence-electron chi connectivity index (χ2n) is 8.03. The molecule has 2 rings (SSSR count). The summed E-state index contributed by atoms with van der Waals surface area (Å²) < 4.78 is 29.0. The molecule has 0 bridgehead atoms. The van der Waals surface area contributed by atoms with Crippen molar-refractivity contribution in [3.63, 3.8) is 0 Å². The lowest BCUT2D eigenvalue weighted by Crippen LogP contribution is -2.63. The number of carbonyl (C=O) groups is 2. The van der Waals surface area contributed by atoms with E-state index < -0.39 is 35.3 Å². The molecular weight excluding hydrogens is 405 g/mol. The quantitative estimate of drug-likeness (QED) is 0.487. The lowest BCUT2D eigenvalue weighted by molar-refractivity contribution is -0.190. The molecule has 2 N–H and O–H groups in total. The molecule has 0 aliphatic heterocycles. The maximum Gasteiger partial charge on any atom is 0.410 e. The van der Waals surface area contributed by atoms with Gasteiger partial charge in [0.15, 0.2) is 0 Å². The SMILES string of the molecule is C[C@@H](OCc1ccccc1)[C@@](O)(NC(=O)OC(C)(C)C)C(=O)OCc1ccc(F)cc1. The minimum atomic E-state index is -2.52. The lowest BCUT2D eigenvalue weighted by Gasteiger charge is -2.33. The number of carbonyl (C=O) groups excluding carboxylic acids is 2. The van der Waals surface area contributed by atoms with Gasteiger partial charge in [0, 0.05) is 0 Å². The number of halogens is 1. The van der Waals surface area contributed by atoms with Gasteiger partial charge in [0.25, 0.3) is 5.72 Å². The molecule has 168 valence electrons. The third kappa shape index (κ3) is 7.66. The molecule has 2 atom stereocenters. The molecule has 8 heteroatoms. The zero-order valence-electron chi connectivity index (χ0n) is 18.1. The van der Waals surface area contributed by atoms with Crippen LogP contribution in [0.2, 0.25) is 0 Å². The van der Waals surface area contributed by atoms with E-state index >= 15 is 0 Å². The summed E-state index contributed by atoms with van der Waals surface area (Å²) in [6.07, 6.45) is -2.19. The third-order valence-electron chi connectivity index (χ3n) is 4.22. The molecule has 2 aromatic carbocycles. The molecule has 0 aromatic heterocycles. The molecule has 0 saturated heterocycles. The van der Waals surface area contributed by atoms with Crippen molar-refractivity contribution in [3.8, 4) is 0 Å². The Balaban J connectivity index is 2.13. The smallest absolute Gasteiger partial charge is 0.410 e. The summed E-state index contributed by atoms with van der Waals surface area (Å²) in [7, 11) is 0. The van der Waals surface area contributed by atoms with Crippen LogP contribution in [0.15, 0.2) is 54.6 Å². The summed E-state index contributed by atoms with van der Waals surface area (Å²) in [5.41, 5.74) is -2.05. The van der Waals surface area contributed by atoms with Gasteiger partial charge in [-0.15, -0.1) is 0 Å². The normalized spacial score (nSPS) is 14.3. The fraction of sp³-hybridized carbons (Fsp3) is 0.391. The highest BCUT2D eigenvalue weighted by Crippen LogP contribution is 2.18. The number of nitrogens with one attached hydrogen (secondary N) is 1. The van der Waals surface area contributed by atoms with Crippen LogP contribution in [0, 0.1) is 5.82 Å². The van der Waals surface area contributed by atoms with Crippen LogP contribution in [0.5, 0.6) is 0 Å². The van der Waals surface area contributed by atoms with Crippen LogP contribution in [-0.4, -0.2) is 34.6 Å². The average molecular weight is 433 g/mol. The zero-order chi connectivity index (χ0) is 23.1. The molecular formula is C23H28FNO6. The maximum absolute atomic E-state index is 13.1. The number of alkyl carbamates (subject to hydrolysis) is 1. The van der Waals surface area contributed by atoms with E-state index in [2.05, 4.69) is 5.32 Å². The molecule has 0 aliphatic rings. The van der Waals surface area contributed by atoms with Gasteiger partial charge in [0.05, 0.1) is 6.61 Å². The predicted octanol–water partition coefficient (Wildman–Crippen LogP) is 3.69. The first-order valence-electron chi connectivity index (χ1n) is 9.80. The van der Waals surface area contributed by atoms with Crippen LogP contribution in [0.4, 0.5) is 9.18 Å². The highest BCUT2D eigenvalue weighted by molar-refractivity contribution is 5.84. The van der Waals surface area contributed by atoms with Crippen molar-refractivity contribution in [1.29, 1.82) is 0 Å². The summed E-state index contributed by atoms with van der Waals surface area (Å²) in [5.74, 6) is -1.57. The Morgan fingerprint density at radius 1 is 1.00 bits per heavy atom. The summed E-state index contributed by atoms with van der Waals surface area (Å²) in [4.78, 5) is 25.0. The standard InChI is InChI=1S/C23H28FNO6/c1-16(29-14-17-8-6-5-7-9-17)23(28,25-21(27)31-22(2,3)4)20(26)30-15-18-10-12-19(24)13-11-18/h5-13,16,28H,14-15H2,1-4H3,(H,25,27)/t16-,23+/m1/s1. The summed E-state index contributed by atoms with van der Waals surface area (Å²) >= 11 is 0. The van der Waals surface area contributed by atoms with E-state index in [1.165, 1.54) is 31.2 Å². The first-order valence-corrected chi connectivity index (χ1v) is 9.80. The largest absolute Gasteiger partial charge is 0.457 e. The number of hydrogen-bond donors (Lipinski definition) is 2. The van der Waals surface area contributed by atoms with E-state index in [4.69, 9.17) is 14.2 Å². The van der Waals surface area contributed by atoms with Crippen LogP contribution in [0.25, 0.3) is 0 Å². The number of rotatable bonds is 8. The molecule has 0 saturated carbocycles. The van der Waals surface area contributed by atoms with Crippen LogP contribution in [0.3, 0.4) is 0 Å². The number of hydrogen-bond acceptors (Lipinski definition) is 6. The third-order valence-corrected chi connectivity index (χ3v) is 4.22. The predicted molar refractivity (Wildman–Crippen MR) is 111 cm³/mol. The van der Waals surface area contributed by atoms with Crippen LogP contribution >= 0.6 is 0 Å². The topological polar surface area (TPSA) is 94.1 Å². The molecule has 0 spiro atoms. The Labute approximate surface area is 181 Å². The van der Waals surface area contributed by atoms with E-state index in [1.807, 2.05) is 30.3 Å². The van der Waals surface area contributed by atoms with Crippen molar-refractivity contribution >= 4 is 12.1 Å². The molecule has 7 nitrogen and oxygen atoms in total. The zero-order valence-corrected chi connectivity index (χ0v) is 18.1. The number of aliphatic hydroxyl groups is 1. The number of amides is 1. The molecule has 0 aliphatic carbocycles. The van der Waals surface area contributed by atoms with Gasteiger partial charge >= 0.3 is 12.1 Å². The summed E-state index contributed by atoms with van der Waals surface area (Å²) in [6.45, 7) is 6.23. The van der Waals surface area contributed by atoms with Crippen molar-refractivity contribution in [1.82, 2.24) is 5.32 Å². The van der Waals surface area contributed by atoms with E-state index in [0.717, 1.165) is 5.56 Å². The van der Waals surface area contributed by atoms with Gasteiger partial charge in [-0.2, -0.15) is 0 Å². The van der Waals surface area contributed by atoms with Gasteiger partial charge < -0.3 is 19.3 Å².